The van der Waals surface area contributed by atoms with Crippen molar-refractivity contribution in [2.75, 3.05) is 0 Å². The smallest absolute Gasteiger partial charge is 0.0495 e. The van der Waals surface area contributed by atoms with E-state index < -0.39 is 0 Å². The predicted molar refractivity (Wildman–Crippen MR) is 86.8 cm³/mol. The molecule has 0 amide bonds. The molecular formula is C20H20. The van der Waals surface area contributed by atoms with Gasteiger partial charge in [-0.2, -0.15) is 0 Å². The SMILES string of the molecule is C=CCC(C#Cc1ccccc1)c1c(C)cccc1C. The summed E-state index contributed by atoms with van der Waals surface area (Å²) in [5, 5.41) is 0. The van der Waals surface area contributed by atoms with Crippen LogP contribution in [0.1, 0.15) is 34.6 Å². The van der Waals surface area contributed by atoms with Crippen molar-refractivity contribution in [2.45, 2.75) is 26.2 Å². The first-order valence-corrected chi connectivity index (χ1v) is 6.96. The molecule has 0 saturated carbocycles. The monoisotopic (exact) mass is 260 g/mol. The van der Waals surface area contributed by atoms with Crippen molar-refractivity contribution in [2.24, 2.45) is 0 Å². The number of allylic oxidation sites excluding steroid dienone is 1. The van der Waals surface area contributed by atoms with Crippen molar-refractivity contribution < 1.29 is 0 Å². The number of aryl methyl sites for hydroxylation is 2. The van der Waals surface area contributed by atoms with Gasteiger partial charge in [0.25, 0.3) is 0 Å². The van der Waals surface area contributed by atoms with Crippen molar-refractivity contribution in [3.8, 4) is 11.8 Å². The second-order valence-electron chi connectivity index (χ2n) is 5.02. The van der Waals surface area contributed by atoms with Crippen LogP contribution in [0.5, 0.6) is 0 Å². The fourth-order valence-corrected chi connectivity index (χ4v) is 2.48. The molecule has 2 aromatic rings. The fourth-order valence-electron chi connectivity index (χ4n) is 2.48. The van der Waals surface area contributed by atoms with Crippen LogP contribution in [0.25, 0.3) is 0 Å². The Morgan fingerprint density at radius 3 is 2.25 bits per heavy atom. The average molecular weight is 260 g/mol. The van der Waals surface area contributed by atoms with Crippen LogP contribution in [0.15, 0.2) is 61.2 Å². The van der Waals surface area contributed by atoms with Gasteiger partial charge in [0.2, 0.25) is 0 Å². The Kier molecular flexibility index (Phi) is 4.80. The Labute approximate surface area is 122 Å². The van der Waals surface area contributed by atoms with Gasteiger partial charge in [0.15, 0.2) is 0 Å². The van der Waals surface area contributed by atoms with Crippen LogP contribution < -0.4 is 0 Å². The van der Waals surface area contributed by atoms with Gasteiger partial charge in [-0.05, 0) is 49.1 Å². The molecule has 0 radical (unpaired) electrons. The van der Waals surface area contributed by atoms with E-state index in [2.05, 4.69) is 50.5 Å². The summed E-state index contributed by atoms with van der Waals surface area (Å²) < 4.78 is 0. The van der Waals surface area contributed by atoms with Gasteiger partial charge < -0.3 is 0 Å². The van der Waals surface area contributed by atoms with E-state index in [0.29, 0.717) is 0 Å². The van der Waals surface area contributed by atoms with Gasteiger partial charge in [-0.1, -0.05) is 54.3 Å². The van der Waals surface area contributed by atoms with Gasteiger partial charge in [-0.3, -0.25) is 0 Å². The second kappa shape index (κ2) is 6.78. The third kappa shape index (κ3) is 3.39. The Hall–Kier alpha value is -2.26. The Bertz CT molecular complexity index is 618. The Morgan fingerprint density at radius 2 is 1.65 bits per heavy atom. The lowest BCUT2D eigenvalue weighted by molar-refractivity contribution is 0.874. The molecule has 0 nitrogen and oxygen atoms in total. The summed E-state index contributed by atoms with van der Waals surface area (Å²) in [6.07, 6.45) is 2.84. The summed E-state index contributed by atoms with van der Waals surface area (Å²) in [5.74, 6) is 6.91. The van der Waals surface area contributed by atoms with E-state index >= 15 is 0 Å². The molecule has 0 fully saturated rings. The van der Waals surface area contributed by atoms with Crippen LogP contribution in [0.2, 0.25) is 0 Å². The molecule has 0 aliphatic carbocycles. The third-order valence-corrected chi connectivity index (χ3v) is 3.46. The highest BCUT2D eigenvalue weighted by Gasteiger charge is 2.12. The lowest BCUT2D eigenvalue weighted by atomic mass is 9.88. The standard InChI is InChI=1S/C20H20/c1-4-9-19(15-14-18-12-6-5-7-13-18)20-16(2)10-8-11-17(20)3/h4-8,10-13,19H,1,9H2,2-3H3. The first-order valence-electron chi connectivity index (χ1n) is 6.96. The van der Waals surface area contributed by atoms with Crippen molar-refractivity contribution in [1.82, 2.24) is 0 Å². The maximum atomic E-state index is 3.87. The zero-order valence-corrected chi connectivity index (χ0v) is 12.2. The summed E-state index contributed by atoms with van der Waals surface area (Å²) in [7, 11) is 0. The molecule has 1 unspecified atom stereocenters. The number of benzene rings is 2. The Morgan fingerprint density at radius 1 is 1.00 bits per heavy atom. The van der Waals surface area contributed by atoms with Gasteiger partial charge in [0.05, 0.1) is 0 Å². The van der Waals surface area contributed by atoms with Crippen LogP contribution in [0, 0.1) is 25.7 Å². The maximum absolute atomic E-state index is 3.87. The van der Waals surface area contributed by atoms with E-state index in [1.54, 1.807) is 0 Å². The molecule has 0 heterocycles. The first-order chi connectivity index (χ1) is 9.72. The zero-order valence-electron chi connectivity index (χ0n) is 12.2. The fraction of sp³-hybridized carbons (Fsp3) is 0.200. The highest BCUT2D eigenvalue weighted by Crippen LogP contribution is 2.26. The summed E-state index contributed by atoms with van der Waals surface area (Å²) in [6.45, 7) is 8.18. The highest BCUT2D eigenvalue weighted by atomic mass is 14.1. The molecule has 0 aliphatic heterocycles. The molecule has 0 heteroatoms. The molecular weight excluding hydrogens is 240 g/mol. The highest BCUT2D eigenvalue weighted by molar-refractivity contribution is 5.44. The van der Waals surface area contributed by atoms with E-state index in [9.17, 15) is 0 Å². The lowest BCUT2D eigenvalue weighted by Gasteiger charge is -2.15. The minimum absolute atomic E-state index is 0.217. The van der Waals surface area contributed by atoms with Crippen LogP contribution in [-0.4, -0.2) is 0 Å². The largest absolute Gasteiger partial charge is 0.103 e. The molecule has 2 rings (SSSR count). The van der Waals surface area contributed by atoms with Crippen LogP contribution in [0.3, 0.4) is 0 Å². The molecule has 0 N–H and O–H groups in total. The van der Waals surface area contributed by atoms with E-state index in [0.717, 1.165) is 12.0 Å². The van der Waals surface area contributed by atoms with E-state index in [-0.39, 0.29) is 5.92 Å². The molecule has 100 valence electrons. The lowest BCUT2D eigenvalue weighted by Crippen LogP contribution is -2.01. The third-order valence-electron chi connectivity index (χ3n) is 3.46. The molecule has 2 aromatic carbocycles. The summed E-state index contributed by atoms with van der Waals surface area (Å²) in [4.78, 5) is 0. The summed E-state index contributed by atoms with van der Waals surface area (Å²) >= 11 is 0. The minimum atomic E-state index is 0.217. The van der Waals surface area contributed by atoms with Crippen LogP contribution >= 0.6 is 0 Å². The quantitative estimate of drug-likeness (QED) is 0.537. The zero-order chi connectivity index (χ0) is 14.4. The van der Waals surface area contributed by atoms with Gasteiger partial charge >= 0.3 is 0 Å². The average Bonchev–Trinajstić information content (AvgIpc) is 2.45. The molecule has 0 saturated heterocycles. The number of hydrogen-bond donors (Lipinski definition) is 0. The summed E-state index contributed by atoms with van der Waals surface area (Å²) in [6, 6.07) is 16.6. The van der Waals surface area contributed by atoms with E-state index in [1.807, 2.05) is 36.4 Å². The molecule has 1 atom stereocenters. The molecule has 0 aliphatic rings. The van der Waals surface area contributed by atoms with Gasteiger partial charge in [-0.15, -0.1) is 6.58 Å². The van der Waals surface area contributed by atoms with Crippen molar-refractivity contribution in [3.63, 3.8) is 0 Å². The first kappa shape index (κ1) is 14.2. The van der Waals surface area contributed by atoms with E-state index in [4.69, 9.17) is 0 Å². The normalized spacial score (nSPS) is 11.3. The summed E-state index contributed by atoms with van der Waals surface area (Å²) in [5.41, 5.74) is 5.02. The predicted octanol–water partition coefficient (Wildman–Crippen LogP) is 5.01. The van der Waals surface area contributed by atoms with Crippen molar-refractivity contribution in [3.05, 3.63) is 83.4 Å². The van der Waals surface area contributed by atoms with Crippen LogP contribution in [0.4, 0.5) is 0 Å². The Balaban J connectivity index is 2.38. The van der Waals surface area contributed by atoms with E-state index in [1.165, 1.54) is 16.7 Å². The van der Waals surface area contributed by atoms with Gasteiger partial charge in [0.1, 0.15) is 0 Å². The number of hydrogen-bond acceptors (Lipinski definition) is 0. The molecule has 0 aromatic heterocycles. The second-order valence-corrected chi connectivity index (χ2v) is 5.02. The molecule has 0 bridgehead atoms. The van der Waals surface area contributed by atoms with Crippen molar-refractivity contribution >= 4 is 0 Å². The van der Waals surface area contributed by atoms with Gasteiger partial charge in [0, 0.05) is 11.5 Å². The molecule has 0 spiro atoms. The number of rotatable bonds is 3. The van der Waals surface area contributed by atoms with Crippen LogP contribution in [-0.2, 0) is 0 Å². The maximum Gasteiger partial charge on any atom is 0.0495 e. The van der Waals surface area contributed by atoms with Crippen molar-refractivity contribution in [1.29, 1.82) is 0 Å². The minimum Gasteiger partial charge on any atom is -0.103 e. The molecule has 20 heavy (non-hydrogen) atoms. The topological polar surface area (TPSA) is 0 Å². The van der Waals surface area contributed by atoms with Gasteiger partial charge in [-0.25, -0.2) is 0 Å².